The standard InChI is InChI=1S/C20H20BrFN6O3.C17H22BrFN6O3.C12H14BrFN6O/c21-16-10-28-19(26-16)17(14(7-24-28)18(23)29)25-15-9-27(8-13(15)6-22)20(30)31-11-12-4-2-1-3-5-12;1-17(2,3)28-16(27)24-6-9(4-19)11(7-24)22-13-10(14(20)26)5-21-25-8-12(18)23-15(13)25;13-9-5-20-12(19-9)10(7(3-17-20)11(15)21)18-8-4-16-2-6(8)1-14/h1-5,7,10,13,15,25H,6,8-9,11H2,(H2,23,29);5,8-9,11,22H,4,6-7H2,1-3H3,(H2,20,26);3,5-6,8,16,18H,1-2,4H2,(H2,15,21)/t13-,15+;9-,11+;6-,8+/m000/s1. The summed E-state index contributed by atoms with van der Waals surface area (Å²) in [6, 6.07) is 8.27. The lowest BCUT2D eigenvalue weighted by molar-refractivity contribution is 0.0285. The number of aromatic nitrogens is 9. The average molecular weight is 1310 g/mol. The first-order valence-electron chi connectivity index (χ1n) is 24.8. The van der Waals surface area contributed by atoms with Crippen molar-refractivity contribution in [2.45, 2.75) is 51.1 Å². The highest BCUT2D eigenvalue weighted by atomic mass is 79.9. The number of hydrogen-bond acceptors (Lipinski definition) is 17. The van der Waals surface area contributed by atoms with E-state index in [-0.39, 0.29) is 61.4 Å². The molecule has 0 radical (unpaired) electrons. The number of carbonyl (C=O) groups is 5. The van der Waals surface area contributed by atoms with E-state index < -0.39 is 79.5 Å². The molecule has 25 nitrogen and oxygen atoms in total. The molecule has 5 amide bonds. The summed E-state index contributed by atoms with van der Waals surface area (Å²) in [5.41, 5.74) is 19.5. The number of fused-ring (bicyclic) bond motifs is 3. The molecule has 80 heavy (non-hydrogen) atoms. The molecule has 10 rings (SSSR count). The molecule has 3 aliphatic rings. The van der Waals surface area contributed by atoms with Crippen LogP contribution < -0.4 is 38.5 Å². The summed E-state index contributed by atoms with van der Waals surface area (Å²) in [5.74, 6) is -3.09. The monoisotopic (exact) mass is 1300 g/mol. The summed E-state index contributed by atoms with van der Waals surface area (Å²) in [6.07, 6.45) is 7.94. The number of imidazole rings is 3. The Bertz CT molecular complexity index is 3400. The Morgan fingerprint density at radius 1 is 0.600 bits per heavy atom. The molecular weight excluding hydrogens is 1250 g/mol. The Hall–Kier alpha value is -7.38. The number of nitrogens with zero attached hydrogens (tertiary/aromatic N) is 11. The topological polar surface area (TPSA) is 327 Å². The zero-order valence-electron chi connectivity index (χ0n) is 43.2. The van der Waals surface area contributed by atoms with Gasteiger partial charge in [-0.15, -0.1) is 0 Å². The lowest BCUT2D eigenvalue weighted by Crippen LogP contribution is -2.36. The van der Waals surface area contributed by atoms with E-state index in [1.165, 1.54) is 41.9 Å². The number of rotatable bonds is 14. The van der Waals surface area contributed by atoms with Crippen LogP contribution in [0.2, 0.25) is 0 Å². The van der Waals surface area contributed by atoms with Gasteiger partial charge in [0.15, 0.2) is 16.9 Å². The highest BCUT2D eigenvalue weighted by molar-refractivity contribution is 9.11. The second kappa shape index (κ2) is 25.4. The van der Waals surface area contributed by atoms with E-state index in [9.17, 15) is 37.1 Å². The van der Waals surface area contributed by atoms with Crippen LogP contribution in [0, 0.1) is 17.8 Å². The fourth-order valence-electron chi connectivity index (χ4n) is 9.15. The molecule has 3 saturated heterocycles. The van der Waals surface area contributed by atoms with Crippen LogP contribution in [0.25, 0.3) is 16.9 Å². The minimum Gasteiger partial charge on any atom is -0.445 e. The first-order valence-corrected chi connectivity index (χ1v) is 27.2. The predicted molar refractivity (Wildman–Crippen MR) is 297 cm³/mol. The van der Waals surface area contributed by atoms with E-state index in [4.69, 9.17) is 26.7 Å². The number of nitrogens with one attached hydrogen (secondary N) is 4. The third kappa shape index (κ3) is 13.8. The minimum absolute atomic E-state index is 0.130. The fourth-order valence-corrected chi connectivity index (χ4v) is 10.2. The summed E-state index contributed by atoms with van der Waals surface area (Å²) in [6.45, 7) is 5.75. The maximum absolute atomic E-state index is 13.8. The first kappa shape index (κ1) is 58.8. The molecule has 31 heteroatoms. The number of benzene rings is 1. The molecule has 3 fully saturated rings. The second-order valence-electron chi connectivity index (χ2n) is 19.9. The summed E-state index contributed by atoms with van der Waals surface area (Å²) in [7, 11) is 0. The van der Waals surface area contributed by atoms with Gasteiger partial charge in [0.2, 0.25) is 0 Å². The van der Waals surface area contributed by atoms with Gasteiger partial charge in [-0.05, 0) is 74.1 Å². The first-order chi connectivity index (χ1) is 38.1. The second-order valence-corrected chi connectivity index (χ2v) is 22.3. The number of primary amides is 3. The SMILES string of the molecule is CC(C)(C)OC(=O)N1C[C@H](CF)[C@H](Nc2c(C(N)=O)cnn3cc(Br)nc23)C1.NC(=O)c1cnn2cc(Br)nc2c1N[C@@H]1CN(C(=O)OCc2ccccc2)C[C@@H]1CF.NC(=O)c1cnn2cc(Br)nc2c1N[C@@H]1CNC[C@@H]1CF. The molecule has 7 aromatic rings. The van der Waals surface area contributed by atoms with Crippen LogP contribution in [0.15, 0.2) is 81.3 Å². The lowest BCUT2D eigenvalue weighted by Gasteiger charge is -2.24. The molecule has 10 N–H and O–H groups in total. The summed E-state index contributed by atoms with van der Waals surface area (Å²) in [4.78, 5) is 76.1. The van der Waals surface area contributed by atoms with E-state index in [1.807, 2.05) is 30.3 Å². The number of amides is 5. The molecule has 0 spiro atoms. The Balaban J connectivity index is 0.000000161. The molecule has 6 atom stereocenters. The fraction of sp³-hybridized carbons (Fsp3) is 0.408. The minimum atomic E-state index is -0.689. The van der Waals surface area contributed by atoms with E-state index in [0.29, 0.717) is 60.9 Å². The van der Waals surface area contributed by atoms with Crippen LogP contribution in [-0.4, -0.2) is 167 Å². The molecule has 0 bridgehead atoms. The summed E-state index contributed by atoms with van der Waals surface area (Å²) < 4.78 is 57.3. The summed E-state index contributed by atoms with van der Waals surface area (Å²) >= 11 is 9.82. The zero-order valence-corrected chi connectivity index (χ0v) is 47.9. The highest BCUT2D eigenvalue weighted by Gasteiger charge is 2.40. The number of likely N-dealkylation sites (tertiary alicyclic amines) is 2. The van der Waals surface area contributed by atoms with Gasteiger partial charge in [-0.3, -0.25) is 27.6 Å². The van der Waals surface area contributed by atoms with Gasteiger partial charge in [-0.2, -0.15) is 15.3 Å². The lowest BCUT2D eigenvalue weighted by atomic mass is 10.0. The third-order valence-corrected chi connectivity index (χ3v) is 14.3. The van der Waals surface area contributed by atoms with Crippen molar-refractivity contribution in [2.24, 2.45) is 35.0 Å². The van der Waals surface area contributed by atoms with Gasteiger partial charge in [-0.1, -0.05) is 30.3 Å². The van der Waals surface area contributed by atoms with Crippen LogP contribution in [0.1, 0.15) is 57.4 Å². The number of ether oxygens (including phenoxy) is 2. The van der Waals surface area contributed by atoms with Gasteiger partial charge in [0, 0.05) is 63.1 Å². The molecular formula is C49H56Br3F3N18O7. The third-order valence-electron chi connectivity index (χ3n) is 13.1. The number of nitrogens with two attached hydrogens (primary N) is 3. The highest BCUT2D eigenvalue weighted by Crippen LogP contribution is 2.31. The maximum atomic E-state index is 13.8. The number of carbonyl (C=O) groups excluding carboxylic acids is 5. The van der Waals surface area contributed by atoms with Crippen LogP contribution in [0.5, 0.6) is 0 Å². The molecule has 0 aliphatic carbocycles. The Kier molecular flexibility index (Phi) is 18.6. The van der Waals surface area contributed by atoms with Crippen molar-refractivity contribution in [3.05, 3.63) is 104 Å². The van der Waals surface area contributed by atoms with E-state index in [1.54, 1.807) is 39.4 Å². The maximum Gasteiger partial charge on any atom is 0.410 e. The molecule has 1 aromatic carbocycles. The Labute approximate surface area is 479 Å². The van der Waals surface area contributed by atoms with Crippen molar-refractivity contribution < 1.29 is 46.6 Å². The van der Waals surface area contributed by atoms with E-state index in [0.717, 1.165) is 5.56 Å². The molecule has 9 heterocycles. The van der Waals surface area contributed by atoms with Crippen LogP contribution >= 0.6 is 47.8 Å². The van der Waals surface area contributed by atoms with Crippen LogP contribution in [-0.2, 0) is 16.1 Å². The molecule has 3 aliphatic heterocycles. The molecule has 0 unspecified atom stereocenters. The smallest absolute Gasteiger partial charge is 0.410 e. The molecule has 6 aromatic heterocycles. The van der Waals surface area contributed by atoms with Crippen molar-refractivity contribution in [3.63, 3.8) is 0 Å². The van der Waals surface area contributed by atoms with Gasteiger partial charge in [0.1, 0.15) is 26.0 Å². The number of halogens is 6. The van der Waals surface area contributed by atoms with Gasteiger partial charge >= 0.3 is 12.2 Å². The Morgan fingerprint density at radius 3 is 1.39 bits per heavy atom. The number of anilines is 3. The van der Waals surface area contributed by atoms with E-state index >= 15 is 0 Å². The van der Waals surface area contributed by atoms with Crippen LogP contribution in [0.4, 0.5) is 39.8 Å². The van der Waals surface area contributed by atoms with Crippen molar-refractivity contribution in [3.8, 4) is 0 Å². The van der Waals surface area contributed by atoms with Crippen molar-refractivity contribution in [2.75, 3.05) is 75.2 Å². The number of alkyl halides is 3. The molecule has 0 saturated carbocycles. The normalized spacial score (nSPS) is 19.8. The van der Waals surface area contributed by atoms with Crippen LogP contribution in [0.3, 0.4) is 0 Å². The van der Waals surface area contributed by atoms with E-state index in [2.05, 4.69) is 99.3 Å². The zero-order chi connectivity index (χ0) is 57.6. The van der Waals surface area contributed by atoms with Crippen molar-refractivity contribution >= 4 is 112 Å². The van der Waals surface area contributed by atoms with Gasteiger partial charge in [-0.25, -0.2) is 38.1 Å². The van der Waals surface area contributed by atoms with Crippen molar-refractivity contribution in [1.82, 2.24) is 58.9 Å². The average Bonchev–Trinajstić information content (AvgIpc) is 4.30. The van der Waals surface area contributed by atoms with Gasteiger partial charge in [0.05, 0.1) is 103 Å². The predicted octanol–water partition coefficient (Wildman–Crippen LogP) is 5.38. The van der Waals surface area contributed by atoms with Crippen molar-refractivity contribution in [1.29, 1.82) is 0 Å². The number of hydrogen-bond donors (Lipinski definition) is 7. The Morgan fingerprint density at radius 2 is 1.00 bits per heavy atom. The molecule has 426 valence electrons. The largest absolute Gasteiger partial charge is 0.445 e. The van der Waals surface area contributed by atoms with Gasteiger partial charge < -0.3 is 57.7 Å². The summed E-state index contributed by atoms with van der Waals surface area (Å²) in [5, 5.41) is 25.0. The quantitative estimate of drug-likeness (QED) is 0.0719. The van der Waals surface area contributed by atoms with Gasteiger partial charge in [0.25, 0.3) is 17.7 Å².